The van der Waals surface area contributed by atoms with Crippen LogP contribution in [-0.4, -0.2) is 35.9 Å². The minimum Gasteiger partial charge on any atom is -0.338 e. The molecule has 7 heteroatoms. The Labute approximate surface area is 184 Å². The fraction of sp³-hybridized carbons (Fsp3) is 0.524. The number of halogens is 2. The molecule has 156 valence electrons. The van der Waals surface area contributed by atoms with Gasteiger partial charge in [-0.3, -0.25) is 4.79 Å². The molecule has 1 saturated heterocycles. The molecule has 1 amide bonds. The van der Waals surface area contributed by atoms with Gasteiger partial charge in [0.15, 0.2) is 0 Å². The molecule has 1 unspecified atom stereocenters. The van der Waals surface area contributed by atoms with Crippen LogP contribution in [0.5, 0.6) is 0 Å². The first-order chi connectivity index (χ1) is 12.6. The fourth-order valence-electron chi connectivity index (χ4n) is 3.57. The van der Waals surface area contributed by atoms with E-state index in [1.807, 2.05) is 37.1 Å². The van der Waals surface area contributed by atoms with Crippen molar-refractivity contribution in [3.05, 3.63) is 40.9 Å². The number of benzene rings is 1. The number of carbonyl (C=O) groups excluding carboxylic acids is 1. The van der Waals surface area contributed by atoms with Crippen molar-refractivity contribution in [2.24, 2.45) is 5.92 Å². The van der Waals surface area contributed by atoms with Gasteiger partial charge in [-0.25, -0.2) is 4.98 Å². The Hall–Kier alpha value is -1.14. The zero-order valence-electron chi connectivity index (χ0n) is 16.8. The van der Waals surface area contributed by atoms with E-state index in [-0.39, 0.29) is 36.8 Å². The highest BCUT2D eigenvalue weighted by Gasteiger charge is 2.23. The average Bonchev–Trinajstić information content (AvgIpc) is 3.08. The SMILES string of the molecule is Cc1nc(-c2ccccc2)sc1C(C)N(C)C(=O)CCC1CCNCC1.Cl.Cl. The highest BCUT2D eigenvalue weighted by Crippen LogP contribution is 2.34. The van der Waals surface area contributed by atoms with Crippen LogP contribution >= 0.6 is 36.2 Å². The van der Waals surface area contributed by atoms with Crippen molar-refractivity contribution in [3.8, 4) is 10.6 Å². The Bertz CT molecular complexity index is 733. The van der Waals surface area contributed by atoms with Crippen molar-refractivity contribution in [2.75, 3.05) is 20.1 Å². The molecule has 1 aromatic carbocycles. The summed E-state index contributed by atoms with van der Waals surface area (Å²) in [5.41, 5.74) is 2.17. The number of aryl methyl sites for hydroxylation is 1. The van der Waals surface area contributed by atoms with E-state index in [0.717, 1.165) is 35.8 Å². The highest BCUT2D eigenvalue weighted by atomic mass is 35.5. The summed E-state index contributed by atoms with van der Waals surface area (Å²) >= 11 is 1.70. The van der Waals surface area contributed by atoms with Gasteiger partial charge < -0.3 is 10.2 Å². The molecule has 0 aliphatic carbocycles. The van der Waals surface area contributed by atoms with Gasteiger partial charge in [-0.05, 0) is 52.1 Å². The summed E-state index contributed by atoms with van der Waals surface area (Å²) in [5.74, 6) is 0.934. The van der Waals surface area contributed by atoms with Crippen LogP contribution in [0.3, 0.4) is 0 Å². The summed E-state index contributed by atoms with van der Waals surface area (Å²) < 4.78 is 0. The number of carbonyl (C=O) groups is 1. The first-order valence-electron chi connectivity index (χ1n) is 9.55. The van der Waals surface area contributed by atoms with Gasteiger partial charge >= 0.3 is 0 Å². The van der Waals surface area contributed by atoms with Crippen molar-refractivity contribution in [1.29, 1.82) is 0 Å². The zero-order chi connectivity index (χ0) is 18.5. The average molecular weight is 444 g/mol. The Morgan fingerprint density at radius 3 is 2.54 bits per heavy atom. The largest absolute Gasteiger partial charge is 0.338 e. The van der Waals surface area contributed by atoms with Crippen molar-refractivity contribution < 1.29 is 4.79 Å². The van der Waals surface area contributed by atoms with Gasteiger partial charge in [0.25, 0.3) is 0 Å². The lowest BCUT2D eigenvalue weighted by molar-refractivity contribution is -0.132. The number of hydrogen-bond acceptors (Lipinski definition) is 4. The van der Waals surface area contributed by atoms with Crippen molar-refractivity contribution in [3.63, 3.8) is 0 Å². The van der Waals surface area contributed by atoms with E-state index in [4.69, 9.17) is 4.98 Å². The first-order valence-corrected chi connectivity index (χ1v) is 10.4. The Balaban J connectivity index is 0.00000196. The summed E-state index contributed by atoms with van der Waals surface area (Å²) in [6.07, 6.45) is 4.05. The van der Waals surface area contributed by atoms with Crippen LogP contribution in [0.25, 0.3) is 10.6 Å². The number of aromatic nitrogens is 1. The van der Waals surface area contributed by atoms with Crippen LogP contribution in [0, 0.1) is 12.8 Å². The van der Waals surface area contributed by atoms with E-state index in [1.165, 1.54) is 17.7 Å². The maximum Gasteiger partial charge on any atom is 0.222 e. The highest BCUT2D eigenvalue weighted by molar-refractivity contribution is 7.15. The standard InChI is InChI=1S/C21H29N3OS.2ClH/c1-15-20(26-21(23-15)18-7-5-4-6-8-18)16(2)24(3)19(25)10-9-17-11-13-22-14-12-17;;/h4-8,16-17,22H,9-14H2,1-3H3;2*1H. The molecule has 0 saturated carbocycles. The molecule has 2 aromatic rings. The fourth-order valence-corrected chi connectivity index (χ4v) is 4.73. The van der Waals surface area contributed by atoms with Crippen LogP contribution in [-0.2, 0) is 4.79 Å². The Morgan fingerprint density at radius 2 is 1.89 bits per heavy atom. The predicted molar refractivity (Wildman–Crippen MR) is 123 cm³/mol. The van der Waals surface area contributed by atoms with E-state index in [2.05, 4.69) is 24.4 Å². The van der Waals surface area contributed by atoms with Gasteiger partial charge in [0.2, 0.25) is 5.91 Å². The first kappa shape index (κ1) is 24.9. The second-order valence-electron chi connectivity index (χ2n) is 7.25. The van der Waals surface area contributed by atoms with Gasteiger partial charge in [-0.15, -0.1) is 36.2 Å². The molecular weight excluding hydrogens is 413 g/mol. The number of amides is 1. The molecule has 1 aliphatic heterocycles. The predicted octanol–water partition coefficient (Wildman–Crippen LogP) is 5.26. The van der Waals surface area contributed by atoms with E-state index in [0.29, 0.717) is 12.3 Å². The third-order valence-electron chi connectivity index (χ3n) is 5.43. The lowest BCUT2D eigenvalue weighted by atomic mass is 9.93. The molecule has 1 aromatic heterocycles. The van der Waals surface area contributed by atoms with Gasteiger partial charge in [0, 0.05) is 19.0 Å². The topological polar surface area (TPSA) is 45.2 Å². The van der Waals surface area contributed by atoms with E-state index in [9.17, 15) is 4.79 Å². The summed E-state index contributed by atoms with van der Waals surface area (Å²) in [5, 5.41) is 4.41. The minimum atomic E-state index is 0. The molecule has 1 fully saturated rings. The maximum atomic E-state index is 12.7. The Morgan fingerprint density at radius 1 is 1.25 bits per heavy atom. The molecule has 3 rings (SSSR count). The van der Waals surface area contributed by atoms with Crippen LogP contribution in [0.2, 0.25) is 0 Å². The second kappa shape index (κ2) is 11.8. The lowest BCUT2D eigenvalue weighted by Crippen LogP contribution is -2.31. The van der Waals surface area contributed by atoms with Crippen molar-refractivity contribution in [2.45, 2.75) is 45.6 Å². The summed E-state index contributed by atoms with van der Waals surface area (Å²) in [6, 6.07) is 10.3. The molecule has 0 radical (unpaired) electrons. The molecule has 1 atom stereocenters. The third-order valence-corrected chi connectivity index (χ3v) is 6.81. The van der Waals surface area contributed by atoms with Gasteiger partial charge in [0.1, 0.15) is 5.01 Å². The monoisotopic (exact) mass is 443 g/mol. The molecule has 2 heterocycles. The van der Waals surface area contributed by atoms with Gasteiger partial charge in [-0.1, -0.05) is 30.3 Å². The molecular formula is C21H31Cl2N3OS. The normalized spacial score (nSPS) is 15.2. The van der Waals surface area contributed by atoms with Crippen LogP contribution in [0.1, 0.15) is 49.2 Å². The van der Waals surface area contributed by atoms with E-state index < -0.39 is 0 Å². The maximum absolute atomic E-state index is 12.7. The van der Waals surface area contributed by atoms with Crippen molar-refractivity contribution in [1.82, 2.24) is 15.2 Å². The zero-order valence-corrected chi connectivity index (χ0v) is 19.3. The summed E-state index contributed by atoms with van der Waals surface area (Å²) in [6.45, 7) is 6.33. The number of thiazole rings is 1. The summed E-state index contributed by atoms with van der Waals surface area (Å²) in [4.78, 5) is 20.5. The number of piperidine rings is 1. The van der Waals surface area contributed by atoms with Gasteiger partial charge in [-0.2, -0.15) is 0 Å². The van der Waals surface area contributed by atoms with Gasteiger partial charge in [0.05, 0.1) is 16.6 Å². The number of hydrogen-bond donors (Lipinski definition) is 1. The van der Waals surface area contributed by atoms with Crippen LogP contribution in [0.15, 0.2) is 30.3 Å². The van der Waals surface area contributed by atoms with Crippen LogP contribution < -0.4 is 5.32 Å². The van der Waals surface area contributed by atoms with Crippen LogP contribution in [0.4, 0.5) is 0 Å². The van der Waals surface area contributed by atoms with Crippen molar-refractivity contribution >= 4 is 42.1 Å². The molecule has 4 nitrogen and oxygen atoms in total. The summed E-state index contributed by atoms with van der Waals surface area (Å²) in [7, 11) is 1.93. The Kier molecular flexibility index (Phi) is 10.5. The van der Waals surface area contributed by atoms with E-state index >= 15 is 0 Å². The molecule has 0 bridgehead atoms. The van der Waals surface area contributed by atoms with E-state index in [1.54, 1.807) is 11.3 Å². The quantitative estimate of drug-likeness (QED) is 0.661. The number of nitrogens with one attached hydrogen (secondary N) is 1. The third kappa shape index (κ3) is 6.18. The second-order valence-corrected chi connectivity index (χ2v) is 8.28. The molecule has 0 spiro atoms. The molecule has 1 N–H and O–H groups in total. The number of nitrogens with zero attached hydrogens (tertiary/aromatic N) is 2. The molecule has 28 heavy (non-hydrogen) atoms. The molecule has 1 aliphatic rings. The minimum absolute atomic E-state index is 0. The smallest absolute Gasteiger partial charge is 0.222 e. The number of rotatable bonds is 6. The lowest BCUT2D eigenvalue weighted by Gasteiger charge is -2.26.